The number of Topliss-reactive ketones (excluding diaryl/α,β-unsaturated/α-hetero) is 1. The second kappa shape index (κ2) is 11.2. The molecule has 1 aliphatic heterocycles. The van der Waals surface area contributed by atoms with Crippen molar-refractivity contribution >= 4 is 17.4 Å². The number of benzene rings is 2. The van der Waals surface area contributed by atoms with Crippen LogP contribution in [-0.2, 0) is 14.3 Å². The van der Waals surface area contributed by atoms with E-state index < -0.39 is 17.7 Å². The number of carbonyl (C=O) groups is 2. The molecule has 1 unspecified atom stereocenters. The highest BCUT2D eigenvalue weighted by molar-refractivity contribution is 6.46. The van der Waals surface area contributed by atoms with Crippen LogP contribution in [0.2, 0.25) is 0 Å². The maximum absolute atomic E-state index is 13.2. The van der Waals surface area contributed by atoms with E-state index in [0.29, 0.717) is 54.7 Å². The standard InChI is InChI=1S/C27H33NO6/c1-17(2)16-34-19-11-12-20(18(3)15-19)25(29)23-24(21-9-6-7-10-22(21)33-5)28(13-8-14-32-4)27(31)26(23)30/h6-7,9-12,15,17,24,29H,8,13-14,16H2,1-5H3. The first-order chi connectivity index (χ1) is 16.3. The number of hydrogen-bond acceptors (Lipinski definition) is 6. The fraction of sp³-hybridized carbons (Fsp3) is 0.407. The molecule has 0 bridgehead atoms. The number of para-hydroxylation sites is 1. The molecule has 1 aliphatic rings. The average Bonchev–Trinajstić information content (AvgIpc) is 3.07. The summed E-state index contributed by atoms with van der Waals surface area (Å²) in [6.07, 6.45) is 0.552. The van der Waals surface area contributed by atoms with E-state index in [9.17, 15) is 14.7 Å². The SMILES string of the molecule is COCCCN1C(=O)C(=O)C(=C(O)c2ccc(OCC(C)C)cc2C)C1c1ccccc1OC. The Kier molecular flexibility index (Phi) is 8.34. The van der Waals surface area contributed by atoms with E-state index >= 15 is 0 Å². The lowest BCUT2D eigenvalue weighted by atomic mass is 9.93. The number of aliphatic hydroxyl groups excluding tert-OH is 1. The highest BCUT2D eigenvalue weighted by Gasteiger charge is 2.46. The number of hydrogen-bond donors (Lipinski definition) is 1. The summed E-state index contributed by atoms with van der Waals surface area (Å²) in [6, 6.07) is 11.8. The minimum Gasteiger partial charge on any atom is -0.507 e. The van der Waals surface area contributed by atoms with Crippen molar-refractivity contribution in [3.8, 4) is 11.5 Å². The molecule has 34 heavy (non-hydrogen) atoms. The van der Waals surface area contributed by atoms with Gasteiger partial charge < -0.3 is 24.2 Å². The predicted molar refractivity (Wildman–Crippen MR) is 130 cm³/mol. The molecule has 3 rings (SSSR count). The Morgan fingerprint density at radius 3 is 2.50 bits per heavy atom. The summed E-state index contributed by atoms with van der Waals surface area (Å²) in [5, 5.41) is 11.4. The third-order valence-electron chi connectivity index (χ3n) is 5.76. The molecule has 1 fully saturated rings. The van der Waals surface area contributed by atoms with Crippen molar-refractivity contribution in [1.29, 1.82) is 0 Å². The molecular formula is C27H33NO6. The highest BCUT2D eigenvalue weighted by atomic mass is 16.5. The van der Waals surface area contributed by atoms with Gasteiger partial charge in [-0.15, -0.1) is 0 Å². The van der Waals surface area contributed by atoms with E-state index in [4.69, 9.17) is 14.2 Å². The summed E-state index contributed by atoms with van der Waals surface area (Å²) >= 11 is 0. The topological polar surface area (TPSA) is 85.3 Å². The van der Waals surface area contributed by atoms with Gasteiger partial charge in [0.1, 0.15) is 17.3 Å². The number of aryl methyl sites for hydroxylation is 1. The minimum atomic E-state index is -0.774. The molecule has 0 aromatic heterocycles. The van der Waals surface area contributed by atoms with Gasteiger partial charge in [-0.2, -0.15) is 0 Å². The van der Waals surface area contributed by atoms with Crippen molar-refractivity contribution in [2.24, 2.45) is 5.92 Å². The third-order valence-corrected chi connectivity index (χ3v) is 5.76. The normalized spacial score (nSPS) is 17.5. The molecule has 182 valence electrons. The Hall–Kier alpha value is -3.32. The zero-order chi connectivity index (χ0) is 24.8. The van der Waals surface area contributed by atoms with E-state index in [1.807, 2.05) is 31.2 Å². The van der Waals surface area contributed by atoms with Crippen LogP contribution >= 0.6 is 0 Å². The van der Waals surface area contributed by atoms with E-state index in [1.165, 1.54) is 12.0 Å². The number of aliphatic hydroxyl groups is 1. The van der Waals surface area contributed by atoms with Crippen molar-refractivity contribution in [3.63, 3.8) is 0 Å². The molecule has 0 radical (unpaired) electrons. The Balaban J connectivity index is 2.10. The molecule has 2 aromatic rings. The number of amides is 1. The van der Waals surface area contributed by atoms with Crippen LogP contribution in [0.4, 0.5) is 0 Å². The van der Waals surface area contributed by atoms with Crippen molar-refractivity contribution in [1.82, 2.24) is 4.90 Å². The lowest BCUT2D eigenvalue weighted by Crippen LogP contribution is -2.31. The number of carbonyl (C=O) groups excluding carboxylic acids is 2. The summed E-state index contributed by atoms with van der Waals surface area (Å²) in [4.78, 5) is 27.7. The maximum atomic E-state index is 13.2. The Morgan fingerprint density at radius 2 is 1.85 bits per heavy atom. The van der Waals surface area contributed by atoms with E-state index in [0.717, 1.165) is 5.56 Å². The second-order valence-electron chi connectivity index (χ2n) is 8.76. The molecule has 0 spiro atoms. The van der Waals surface area contributed by atoms with Crippen molar-refractivity contribution in [3.05, 3.63) is 64.7 Å². The molecule has 0 saturated carbocycles. The number of nitrogens with zero attached hydrogens (tertiary/aromatic N) is 1. The quantitative estimate of drug-likeness (QED) is 0.240. The number of rotatable bonds is 10. The minimum absolute atomic E-state index is 0.0471. The Bertz CT molecular complexity index is 1070. The van der Waals surface area contributed by atoms with Crippen molar-refractivity contribution < 1.29 is 28.9 Å². The molecule has 7 nitrogen and oxygen atoms in total. The summed E-state index contributed by atoms with van der Waals surface area (Å²) in [6.45, 7) is 7.29. The van der Waals surface area contributed by atoms with Crippen molar-refractivity contribution in [2.45, 2.75) is 33.2 Å². The number of methoxy groups -OCH3 is 2. The highest BCUT2D eigenvalue weighted by Crippen LogP contribution is 2.43. The van der Waals surface area contributed by atoms with Gasteiger partial charge in [-0.1, -0.05) is 32.0 Å². The molecule has 2 aromatic carbocycles. The van der Waals surface area contributed by atoms with Crippen LogP contribution in [-0.4, -0.2) is 55.7 Å². The van der Waals surface area contributed by atoms with Gasteiger partial charge in [0.05, 0.1) is 25.3 Å². The smallest absolute Gasteiger partial charge is 0.295 e. The Labute approximate surface area is 200 Å². The van der Waals surface area contributed by atoms with Crippen LogP contribution < -0.4 is 9.47 Å². The van der Waals surface area contributed by atoms with E-state index in [-0.39, 0.29) is 11.3 Å². The monoisotopic (exact) mass is 467 g/mol. The Morgan fingerprint density at radius 1 is 1.12 bits per heavy atom. The average molecular weight is 468 g/mol. The maximum Gasteiger partial charge on any atom is 0.295 e. The van der Waals surface area contributed by atoms with Gasteiger partial charge in [-0.25, -0.2) is 0 Å². The van der Waals surface area contributed by atoms with Crippen molar-refractivity contribution in [2.75, 3.05) is 34.0 Å². The summed E-state index contributed by atoms with van der Waals surface area (Å²) in [5.41, 5.74) is 1.90. The third kappa shape index (κ3) is 5.25. The lowest BCUT2D eigenvalue weighted by Gasteiger charge is -2.26. The van der Waals surface area contributed by atoms with Crippen LogP contribution in [0.5, 0.6) is 11.5 Å². The fourth-order valence-corrected chi connectivity index (χ4v) is 4.11. The van der Waals surface area contributed by atoms with Gasteiger partial charge >= 0.3 is 0 Å². The van der Waals surface area contributed by atoms with Gasteiger partial charge in [0.15, 0.2) is 0 Å². The molecular weight excluding hydrogens is 434 g/mol. The first-order valence-corrected chi connectivity index (χ1v) is 11.4. The number of ether oxygens (including phenoxy) is 3. The zero-order valence-electron chi connectivity index (χ0n) is 20.5. The molecule has 1 atom stereocenters. The van der Waals surface area contributed by atoms with Gasteiger partial charge in [-0.05, 0) is 49.1 Å². The summed E-state index contributed by atoms with van der Waals surface area (Å²) < 4.78 is 16.4. The number of likely N-dealkylation sites (tertiary alicyclic amines) is 1. The first kappa shape index (κ1) is 25.3. The van der Waals surface area contributed by atoms with Gasteiger partial charge in [0.25, 0.3) is 11.7 Å². The van der Waals surface area contributed by atoms with Crippen LogP contribution in [0.1, 0.15) is 43.0 Å². The zero-order valence-corrected chi connectivity index (χ0v) is 20.5. The summed E-state index contributed by atoms with van der Waals surface area (Å²) in [7, 11) is 3.12. The van der Waals surface area contributed by atoms with E-state index in [2.05, 4.69) is 13.8 Å². The van der Waals surface area contributed by atoms with Gasteiger partial charge in [0, 0.05) is 31.4 Å². The molecule has 7 heteroatoms. The van der Waals surface area contributed by atoms with E-state index in [1.54, 1.807) is 25.3 Å². The fourth-order valence-electron chi connectivity index (χ4n) is 4.11. The van der Waals surface area contributed by atoms with Crippen LogP contribution in [0.25, 0.3) is 5.76 Å². The molecule has 1 saturated heterocycles. The number of ketones is 1. The molecule has 1 heterocycles. The lowest BCUT2D eigenvalue weighted by molar-refractivity contribution is -0.140. The van der Waals surface area contributed by atoms with Gasteiger partial charge in [-0.3, -0.25) is 9.59 Å². The molecule has 1 amide bonds. The summed E-state index contributed by atoms with van der Waals surface area (Å²) in [5.74, 6) is 0.0171. The van der Waals surface area contributed by atoms with Gasteiger partial charge in [0.2, 0.25) is 0 Å². The van der Waals surface area contributed by atoms with Crippen LogP contribution in [0, 0.1) is 12.8 Å². The van der Waals surface area contributed by atoms with Crippen LogP contribution in [0.15, 0.2) is 48.0 Å². The predicted octanol–water partition coefficient (Wildman–Crippen LogP) is 4.50. The molecule has 0 aliphatic carbocycles. The second-order valence-corrected chi connectivity index (χ2v) is 8.76. The van der Waals surface area contributed by atoms with Crippen LogP contribution in [0.3, 0.4) is 0 Å². The first-order valence-electron chi connectivity index (χ1n) is 11.4. The molecule has 1 N–H and O–H groups in total. The largest absolute Gasteiger partial charge is 0.507 e.